The Morgan fingerprint density at radius 3 is 1.75 bits per heavy atom. The Labute approximate surface area is 130 Å². The minimum Gasteiger partial charge on any atom is -0.497 e. The molecule has 0 saturated carbocycles. The number of hydrogen-bond acceptors (Lipinski definition) is 2. The van der Waals surface area contributed by atoms with Crippen LogP contribution >= 0.6 is 11.6 Å². The van der Waals surface area contributed by atoms with Gasteiger partial charge in [0.1, 0.15) is 12.0 Å². The summed E-state index contributed by atoms with van der Waals surface area (Å²) in [6, 6.07) is 7.22. The van der Waals surface area contributed by atoms with Crippen LogP contribution in [0, 0.1) is 0 Å². The Balaban J connectivity index is 0.000000511. The monoisotopic (exact) mass is 330 g/mol. The normalized spacial score (nSPS) is 11.3. The smallest absolute Gasteiger partial charge is 0.150 e. The number of benzene rings is 1. The Kier molecular flexibility index (Phi) is 8.39. The maximum Gasteiger partial charge on any atom is 0.150 e. The summed E-state index contributed by atoms with van der Waals surface area (Å²) in [4.78, 5) is 10.4. The van der Waals surface area contributed by atoms with Crippen LogP contribution in [0.25, 0.3) is 0 Å². The van der Waals surface area contributed by atoms with Gasteiger partial charge in [-0.1, -0.05) is 39.3 Å². The molecule has 0 amide bonds. The topological polar surface area (TPSA) is 26.3 Å². The Morgan fingerprint density at radius 1 is 1.00 bits per heavy atom. The van der Waals surface area contributed by atoms with Crippen LogP contribution in [0.1, 0.15) is 10.4 Å². The molecule has 0 aromatic heterocycles. The second kappa shape index (κ2) is 8.65. The van der Waals surface area contributed by atoms with Crippen molar-refractivity contribution >= 4 is 34.0 Å². The Hall–Kier alpha value is -0.586. The Bertz CT molecular complexity index is 392. The predicted molar refractivity (Wildman–Crippen MR) is 94.7 cm³/mol. The van der Waals surface area contributed by atoms with Gasteiger partial charge in [-0.3, -0.25) is 4.79 Å². The third kappa shape index (κ3) is 11.3. The maximum absolute atomic E-state index is 10.4. The molecule has 20 heavy (non-hydrogen) atoms. The van der Waals surface area contributed by atoms with E-state index in [1.807, 2.05) is 12.1 Å². The van der Waals surface area contributed by atoms with Gasteiger partial charge in [0.15, 0.2) is 0 Å². The fourth-order valence-corrected chi connectivity index (χ4v) is 1.54. The first-order valence-corrected chi connectivity index (χ1v) is 14.8. The van der Waals surface area contributed by atoms with Crippen LogP contribution in [-0.2, 0) is 0 Å². The van der Waals surface area contributed by atoms with Gasteiger partial charge in [0.05, 0.1) is 22.4 Å². The van der Waals surface area contributed by atoms with Crippen LogP contribution in [0.2, 0.25) is 39.3 Å². The fourth-order valence-electron chi connectivity index (χ4n) is 0.942. The predicted octanol–water partition coefficient (Wildman–Crippen LogP) is 4.86. The Morgan fingerprint density at radius 2 is 1.45 bits per heavy atom. The molecule has 0 radical (unpaired) electrons. The number of alkyl halides is 1. The average molecular weight is 331 g/mol. The zero-order chi connectivity index (χ0) is 15.8. The largest absolute Gasteiger partial charge is 0.497 e. The van der Waals surface area contributed by atoms with Gasteiger partial charge in [-0.25, -0.2) is 0 Å². The van der Waals surface area contributed by atoms with Gasteiger partial charge in [-0.05, 0) is 24.3 Å². The van der Waals surface area contributed by atoms with E-state index in [4.69, 9.17) is 16.3 Å². The highest BCUT2D eigenvalue weighted by atomic mass is 35.5. The van der Waals surface area contributed by atoms with Gasteiger partial charge >= 0.3 is 0 Å². The van der Waals surface area contributed by atoms with Crippen LogP contribution in [0.3, 0.4) is 0 Å². The summed E-state index contributed by atoms with van der Waals surface area (Å²) in [6.45, 7) is 13.5. The van der Waals surface area contributed by atoms with Gasteiger partial charge in [0, 0.05) is 11.1 Å². The minimum atomic E-state index is -1.15. The van der Waals surface area contributed by atoms with Crippen LogP contribution in [0.4, 0.5) is 0 Å². The molecule has 5 heteroatoms. The van der Waals surface area contributed by atoms with Crippen molar-refractivity contribution in [3.8, 4) is 5.75 Å². The zero-order valence-corrected chi connectivity index (χ0v) is 16.3. The van der Waals surface area contributed by atoms with Crippen molar-refractivity contribution in [2.45, 2.75) is 39.3 Å². The van der Waals surface area contributed by atoms with Gasteiger partial charge in [-0.2, -0.15) is 0 Å². The van der Waals surface area contributed by atoms with E-state index in [0.29, 0.717) is 5.56 Å². The van der Waals surface area contributed by atoms with Crippen molar-refractivity contribution in [2.75, 3.05) is 11.7 Å². The number of aldehydes is 1. The van der Waals surface area contributed by atoms with E-state index in [9.17, 15) is 4.79 Å². The fraction of sp³-hybridized carbons (Fsp3) is 0.533. The maximum atomic E-state index is 10.4. The first-order chi connectivity index (χ1) is 9.07. The molecule has 0 atom stereocenters. The van der Waals surface area contributed by atoms with Crippen molar-refractivity contribution in [2.24, 2.45) is 0 Å². The molecule has 1 aromatic rings. The van der Waals surface area contributed by atoms with Gasteiger partial charge < -0.3 is 4.74 Å². The van der Waals surface area contributed by atoms with E-state index >= 15 is 0 Å². The molecule has 0 aliphatic rings. The molecule has 0 saturated heterocycles. The summed E-state index contributed by atoms with van der Waals surface area (Å²) in [5, 5.41) is 0. The highest BCUT2D eigenvalue weighted by molar-refractivity contribution is 6.82. The van der Waals surface area contributed by atoms with Crippen LogP contribution in [0.15, 0.2) is 24.3 Å². The van der Waals surface area contributed by atoms with Gasteiger partial charge in [0.25, 0.3) is 0 Å². The molecule has 0 bridgehead atoms. The van der Waals surface area contributed by atoms with Crippen LogP contribution in [0.5, 0.6) is 5.75 Å². The molecule has 1 rings (SSSR count). The number of carbonyl (C=O) groups excluding carboxylic acids is 1. The lowest BCUT2D eigenvalue weighted by Gasteiger charge is -2.16. The lowest BCUT2D eigenvalue weighted by Crippen LogP contribution is -2.29. The van der Waals surface area contributed by atoms with E-state index in [2.05, 4.69) is 39.3 Å². The van der Waals surface area contributed by atoms with Crippen molar-refractivity contribution in [1.29, 1.82) is 0 Å². The summed E-state index contributed by atoms with van der Waals surface area (Å²) >= 11 is 5.54. The molecule has 0 N–H and O–H groups in total. The third-order valence-electron chi connectivity index (χ3n) is 2.09. The van der Waals surface area contributed by atoms with Crippen molar-refractivity contribution < 1.29 is 9.53 Å². The number of hydrogen-bond donors (Lipinski definition) is 0. The minimum absolute atomic E-state index is 0.686. The number of rotatable bonds is 5. The SMILES string of the molecule is C[Si](C)(C)CCl.C[Si](C)(C)COc1ccc(C=O)cc1. The number of halogens is 1. The molecule has 0 spiro atoms. The molecule has 0 fully saturated rings. The molecule has 0 aliphatic carbocycles. The number of ether oxygens (including phenoxy) is 1. The molecule has 2 nitrogen and oxygen atoms in total. The van der Waals surface area contributed by atoms with Gasteiger partial charge in [-0.15, -0.1) is 11.6 Å². The molecule has 0 heterocycles. The molecular formula is C15H27ClO2Si2. The second-order valence-electron chi connectivity index (χ2n) is 7.23. The first kappa shape index (κ1) is 19.4. The van der Waals surface area contributed by atoms with Crippen LogP contribution < -0.4 is 4.74 Å². The summed E-state index contributed by atoms with van der Waals surface area (Å²) in [5.41, 5.74) is 1.57. The molecule has 0 unspecified atom stereocenters. The van der Waals surface area contributed by atoms with Crippen LogP contribution in [-0.4, -0.2) is 34.2 Å². The van der Waals surface area contributed by atoms with Crippen molar-refractivity contribution in [3.05, 3.63) is 29.8 Å². The highest BCUT2D eigenvalue weighted by Crippen LogP contribution is 2.13. The zero-order valence-electron chi connectivity index (χ0n) is 13.5. The summed E-state index contributed by atoms with van der Waals surface area (Å²) in [6.07, 6.45) is 1.65. The van der Waals surface area contributed by atoms with E-state index in [1.165, 1.54) is 0 Å². The third-order valence-corrected chi connectivity index (χ3v) is 6.31. The van der Waals surface area contributed by atoms with Gasteiger partial charge in [0.2, 0.25) is 0 Å². The van der Waals surface area contributed by atoms with Crippen molar-refractivity contribution in [3.63, 3.8) is 0 Å². The molecule has 114 valence electrons. The summed E-state index contributed by atoms with van der Waals surface area (Å²) in [5.74, 6) is 0.845. The van der Waals surface area contributed by atoms with E-state index in [0.717, 1.165) is 23.8 Å². The highest BCUT2D eigenvalue weighted by Gasteiger charge is 2.13. The lowest BCUT2D eigenvalue weighted by molar-refractivity contribution is 0.112. The standard InChI is InChI=1S/C11H16O2Si.C4H11ClSi/c1-14(2,3)9-13-11-6-4-10(8-12)5-7-11;1-6(2,3)4-5/h4-8H,9H2,1-3H3;4H2,1-3H3. The molecule has 1 aromatic carbocycles. The molecular weight excluding hydrogens is 304 g/mol. The average Bonchev–Trinajstić information content (AvgIpc) is 2.36. The number of carbonyl (C=O) groups is 1. The quantitative estimate of drug-likeness (QED) is 0.438. The lowest BCUT2D eigenvalue weighted by atomic mass is 10.2. The van der Waals surface area contributed by atoms with E-state index in [1.54, 1.807) is 12.1 Å². The van der Waals surface area contributed by atoms with Crippen molar-refractivity contribution in [1.82, 2.24) is 0 Å². The second-order valence-corrected chi connectivity index (χ2v) is 18.8. The first-order valence-electron chi connectivity index (χ1n) is 6.81. The van der Waals surface area contributed by atoms with E-state index in [-0.39, 0.29) is 0 Å². The summed E-state index contributed by atoms with van der Waals surface area (Å²) in [7, 11) is -2.02. The summed E-state index contributed by atoms with van der Waals surface area (Å²) < 4.78 is 5.62. The van der Waals surface area contributed by atoms with E-state index < -0.39 is 16.1 Å². The molecule has 0 aliphatic heterocycles.